The lowest BCUT2D eigenvalue weighted by molar-refractivity contribution is -0.402. The standard InChI is InChI=1S/C64H106O33S/c1-11-28(22(2)3)32(66)19-64(10,81)35-13-12-29-36-30(15-17-63(29,35)9)62(8)16-14-27(97-98(82,83)84)18-31(62)51(43(36)73)92-58-50(80)53(40(70)26(7)88-58)94-60-54(95-57-48(78)45(75)38(68)24(5)87-57)42(72)34(21-85-60)91-61-55(46(76)41(71)33(20-65)90-61)96-59-49(79)52(39(69)25(6)89-59)93-56-47(77)44(74)37(67)23(4)86-56/h15,22-29,31,33-61,65,67-81H,11-14,16-21H2,1-10H3,(H,82,83,84)/t23-,24-,25-,26-,27+,28+,29+,31-,33-,34-,35+,36+,37+,38-,39+,40-,41-,42+,43+,44+,45+,46+,47-,48-,49-,50-,51-,52+,53+,54-,55-,56+,57+,58+,59+,60+,61+,62-,63+,64+/m1/s1. The summed E-state index contributed by atoms with van der Waals surface area (Å²) in [4.78, 5) is 13.8. The molecule has 10 aliphatic rings. The Labute approximate surface area is 568 Å². The molecule has 566 valence electrons. The fourth-order valence-corrected chi connectivity index (χ4v) is 18.3. The van der Waals surface area contributed by atoms with Gasteiger partial charge < -0.3 is 139 Å². The van der Waals surface area contributed by atoms with Crippen molar-refractivity contribution in [1.82, 2.24) is 0 Å². The van der Waals surface area contributed by atoms with Gasteiger partial charge in [-0.25, -0.2) is 4.18 Å². The van der Waals surface area contributed by atoms with E-state index in [0.717, 1.165) is 5.57 Å². The molecule has 6 heterocycles. The van der Waals surface area contributed by atoms with E-state index < -0.39 is 254 Å². The van der Waals surface area contributed by atoms with Gasteiger partial charge in [0.1, 0.15) is 122 Å². The zero-order chi connectivity index (χ0) is 72.1. The summed E-state index contributed by atoms with van der Waals surface area (Å²) in [6.45, 7) is 15.4. The van der Waals surface area contributed by atoms with Crippen LogP contribution < -0.4 is 0 Å². The summed E-state index contributed by atoms with van der Waals surface area (Å²) in [5, 5.41) is 183. The van der Waals surface area contributed by atoms with Crippen molar-refractivity contribution in [2.45, 2.75) is 323 Å². The van der Waals surface area contributed by atoms with Crippen molar-refractivity contribution in [1.29, 1.82) is 0 Å². The van der Waals surface area contributed by atoms with Gasteiger partial charge in [0.15, 0.2) is 37.7 Å². The number of rotatable bonds is 21. The molecule has 9 fully saturated rings. The number of allylic oxidation sites excluding steroid dienone is 1. The van der Waals surface area contributed by atoms with Crippen LogP contribution >= 0.6 is 0 Å². The van der Waals surface area contributed by atoms with Crippen LogP contribution in [0.25, 0.3) is 0 Å². The molecule has 0 bridgehead atoms. The van der Waals surface area contributed by atoms with E-state index in [4.69, 9.17) is 61.0 Å². The number of ether oxygens (including phenoxy) is 12. The normalized spacial score (nSPS) is 51.9. The van der Waals surface area contributed by atoms with Crippen molar-refractivity contribution >= 4 is 16.2 Å². The highest BCUT2D eigenvalue weighted by atomic mass is 32.3. The number of Topliss-reactive ketones (excluding diaryl/α,β-unsaturated/α-hetero) is 1. The highest BCUT2D eigenvalue weighted by molar-refractivity contribution is 7.80. The Balaban J connectivity index is 0.915. The van der Waals surface area contributed by atoms with E-state index >= 15 is 0 Å². The minimum absolute atomic E-state index is 0.0392. The van der Waals surface area contributed by atoms with Crippen LogP contribution in [0.3, 0.4) is 0 Å². The van der Waals surface area contributed by atoms with Gasteiger partial charge >= 0.3 is 10.4 Å². The fraction of sp³-hybridized carbons (Fsp3) is 0.953. The van der Waals surface area contributed by atoms with Crippen LogP contribution in [0.2, 0.25) is 0 Å². The van der Waals surface area contributed by atoms with Crippen LogP contribution in [-0.2, 0) is 76.2 Å². The van der Waals surface area contributed by atoms with E-state index in [-0.39, 0.29) is 49.2 Å². The van der Waals surface area contributed by atoms with E-state index in [1.54, 1.807) is 6.92 Å². The van der Waals surface area contributed by atoms with Gasteiger partial charge in [0.2, 0.25) is 0 Å². The molecular formula is C64H106O33S. The summed E-state index contributed by atoms with van der Waals surface area (Å²) >= 11 is 0. The van der Waals surface area contributed by atoms with Crippen LogP contribution in [-0.4, -0.2) is 316 Å². The number of ketones is 1. The van der Waals surface area contributed by atoms with Crippen molar-refractivity contribution in [2.24, 2.45) is 46.3 Å². The number of fused-ring (bicyclic) bond motifs is 5. The first-order valence-corrected chi connectivity index (χ1v) is 35.7. The molecule has 10 rings (SSSR count). The number of aliphatic hydroxyl groups excluding tert-OH is 15. The molecule has 34 heteroatoms. The van der Waals surface area contributed by atoms with E-state index in [2.05, 4.69) is 13.0 Å². The van der Waals surface area contributed by atoms with E-state index in [1.807, 2.05) is 27.7 Å². The van der Waals surface area contributed by atoms with E-state index in [1.165, 1.54) is 27.7 Å². The van der Waals surface area contributed by atoms with Gasteiger partial charge in [0, 0.05) is 18.3 Å². The lowest BCUT2D eigenvalue weighted by Crippen LogP contribution is -2.67. The molecule has 0 amide bonds. The predicted octanol–water partition coefficient (Wildman–Crippen LogP) is -4.22. The number of carbonyl (C=O) groups excluding carboxylic acids is 1. The third-order valence-corrected chi connectivity index (χ3v) is 23.9. The van der Waals surface area contributed by atoms with Crippen molar-refractivity contribution < 1.29 is 160 Å². The first-order chi connectivity index (χ1) is 45.8. The molecule has 33 nitrogen and oxygen atoms in total. The monoisotopic (exact) mass is 1430 g/mol. The SMILES string of the molecule is CC[C@H](C(=O)C[C@](C)(O)[C@H]1CC[C@H]2[C@H]3C(=CC[C@@]21C)[C@@]1(C)CC[C@H](OS(=O)(=O)O)C[C@@H]1[C@@H](O[C@@H]1O[C@H](C)[C@@H](O)[C@H](O[C@@H]2OC[C@@H](O[C@@H]4O[C@H](CO)[C@@H](O)[C@H](O)[C@H]4O[C@@H]4O[C@H](C)[C@H](O)[C@H](O[C@@H]5O[C@H](C)[C@H](O)[C@H](O)[C@H]5O)[C@H]4O)[C@H](O)[C@H]2O[C@@H]2O[C@H](C)[C@@H](O)[C@H](O)[C@H]2O)[C@H]1O)[C@H]3O)C(C)C. The van der Waals surface area contributed by atoms with Crippen molar-refractivity contribution in [3.8, 4) is 0 Å². The van der Waals surface area contributed by atoms with Crippen LogP contribution in [0.4, 0.5) is 0 Å². The molecule has 6 saturated heterocycles. The van der Waals surface area contributed by atoms with Gasteiger partial charge in [-0.3, -0.25) is 9.35 Å². The second kappa shape index (κ2) is 30.6. The molecule has 3 saturated carbocycles. The third kappa shape index (κ3) is 15.2. The Morgan fingerprint density at radius 3 is 1.58 bits per heavy atom. The molecule has 98 heavy (non-hydrogen) atoms. The zero-order valence-corrected chi connectivity index (χ0v) is 57.4. The van der Waals surface area contributed by atoms with E-state index in [0.29, 0.717) is 25.7 Å². The van der Waals surface area contributed by atoms with Gasteiger partial charge in [0.05, 0.1) is 61.5 Å². The van der Waals surface area contributed by atoms with Crippen LogP contribution in [0.5, 0.6) is 0 Å². The molecule has 0 aromatic heterocycles. The van der Waals surface area contributed by atoms with Crippen molar-refractivity contribution in [3.05, 3.63) is 11.6 Å². The van der Waals surface area contributed by atoms with Crippen LogP contribution in [0.15, 0.2) is 11.6 Å². The third-order valence-electron chi connectivity index (χ3n) is 23.4. The molecule has 0 aromatic rings. The molecule has 17 N–H and O–H groups in total. The lowest BCUT2D eigenvalue weighted by atomic mass is 9.46. The van der Waals surface area contributed by atoms with Gasteiger partial charge in [-0.05, 0) is 114 Å². The Morgan fingerprint density at radius 2 is 1.07 bits per heavy atom. The minimum Gasteiger partial charge on any atom is -0.394 e. The topological polar surface area (TPSA) is 515 Å². The molecule has 6 aliphatic heterocycles. The molecule has 4 aliphatic carbocycles. The smallest absolute Gasteiger partial charge is 0.394 e. The van der Waals surface area contributed by atoms with Gasteiger partial charge in [-0.15, -0.1) is 0 Å². The average Bonchev–Trinajstić information content (AvgIpc) is 1.30. The minimum atomic E-state index is -4.99. The largest absolute Gasteiger partial charge is 0.397 e. The first-order valence-electron chi connectivity index (χ1n) is 34.4. The molecule has 0 unspecified atom stereocenters. The number of hydrogen-bond acceptors (Lipinski definition) is 32. The lowest BCUT2D eigenvalue weighted by Gasteiger charge is -2.61. The molecule has 0 spiro atoms. The van der Waals surface area contributed by atoms with Crippen LogP contribution in [0, 0.1) is 46.3 Å². The summed E-state index contributed by atoms with van der Waals surface area (Å²) in [5.41, 5.74) is -2.08. The summed E-state index contributed by atoms with van der Waals surface area (Å²) in [5.74, 6) is -2.41. The number of carbonyl (C=O) groups is 1. The number of hydrogen-bond donors (Lipinski definition) is 17. The van der Waals surface area contributed by atoms with Gasteiger partial charge in [-0.1, -0.05) is 46.3 Å². The van der Waals surface area contributed by atoms with Gasteiger partial charge in [-0.2, -0.15) is 8.42 Å². The summed E-state index contributed by atoms with van der Waals surface area (Å²) in [6.07, 6.45) is -51.0. The maximum Gasteiger partial charge on any atom is 0.397 e. The predicted molar refractivity (Wildman–Crippen MR) is 327 cm³/mol. The quantitative estimate of drug-likeness (QED) is 0.0383. The van der Waals surface area contributed by atoms with Gasteiger partial charge in [0.25, 0.3) is 0 Å². The van der Waals surface area contributed by atoms with Crippen molar-refractivity contribution in [2.75, 3.05) is 13.2 Å². The fourth-order valence-electron chi connectivity index (χ4n) is 17.8. The zero-order valence-electron chi connectivity index (χ0n) is 56.6. The summed E-state index contributed by atoms with van der Waals surface area (Å²) < 4.78 is 113. The Kier molecular flexibility index (Phi) is 24.6. The second-order valence-corrected chi connectivity index (χ2v) is 31.2. The second-order valence-electron chi connectivity index (χ2n) is 30.1. The Hall–Kier alpha value is -1.84. The average molecular weight is 1440 g/mol. The summed E-state index contributed by atoms with van der Waals surface area (Å²) in [6, 6.07) is 0. The highest BCUT2D eigenvalue weighted by Crippen LogP contribution is 2.68. The first kappa shape index (κ1) is 78.7. The number of aliphatic hydroxyl groups is 16. The highest BCUT2D eigenvalue weighted by Gasteiger charge is 2.66. The molecule has 0 radical (unpaired) electrons. The maximum absolute atomic E-state index is 13.8. The molecule has 0 aromatic carbocycles. The maximum atomic E-state index is 13.8. The van der Waals surface area contributed by atoms with E-state index in [9.17, 15) is 99.5 Å². The molecular weight excluding hydrogens is 1330 g/mol. The molecule has 40 atom stereocenters. The van der Waals surface area contributed by atoms with Crippen LogP contribution in [0.1, 0.15) is 121 Å². The summed E-state index contributed by atoms with van der Waals surface area (Å²) in [7, 11) is -4.99. The Morgan fingerprint density at radius 1 is 0.582 bits per heavy atom. The van der Waals surface area contributed by atoms with Crippen molar-refractivity contribution in [3.63, 3.8) is 0 Å². The Bertz CT molecular complexity index is 2820.